The maximum Gasteiger partial charge on any atom is 0.0690 e. The van der Waals surface area contributed by atoms with Crippen molar-refractivity contribution in [2.24, 2.45) is 12.8 Å². The van der Waals surface area contributed by atoms with E-state index in [1.807, 2.05) is 17.8 Å². The normalized spacial score (nSPS) is 10.6. The van der Waals surface area contributed by atoms with Gasteiger partial charge in [0.05, 0.1) is 5.69 Å². The molecule has 0 atom stereocenters. The van der Waals surface area contributed by atoms with E-state index in [0.717, 1.165) is 5.69 Å². The molecule has 0 saturated carbocycles. The van der Waals surface area contributed by atoms with Crippen LogP contribution >= 0.6 is 11.3 Å². The summed E-state index contributed by atoms with van der Waals surface area (Å²) in [6.07, 6.45) is 1.80. The van der Waals surface area contributed by atoms with Crippen LogP contribution in [-0.4, -0.2) is 9.78 Å². The first-order valence-electron chi connectivity index (χ1n) is 4.07. The SMILES string of the molecule is Cn1nccc1-c1ccsc1CN. The maximum atomic E-state index is 5.63. The van der Waals surface area contributed by atoms with Crippen molar-refractivity contribution in [3.05, 3.63) is 28.6 Å². The Balaban J connectivity index is 2.52. The van der Waals surface area contributed by atoms with Crippen LogP contribution in [0.5, 0.6) is 0 Å². The number of rotatable bonds is 2. The molecule has 3 nitrogen and oxygen atoms in total. The van der Waals surface area contributed by atoms with Crippen molar-refractivity contribution >= 4 is 11.3 Å². The van der Waals surface area contributed by atoms with Crippen molar-refractivity contribution in [2.45, 2.75) is 6.54 Å². The Morgan fingerprint density at radius 2 is 2.38 bits per heavy atom. The van der Waals surface area contributed by atoms with Gasteiger partial charge in [0, 0.05) is 30.2 Å². The van der Waals surface area contributed by atoms with Crippen molar-refractivity contribution in [1.29, 1.82) is 0 Å². The third-order valence-electron chi connectivity index (χ3n) is 2.03. The van der Waals surface area contributed by atoms with E-state index in [-0.39, 0.29) is 0 Å². The Morgan fingerprint density at radius 3 is 3.00 bits per heavy atom. The molecule has 2 heterocycles. The van der Waals surface area contributed by atoms with Crippen LogP contribution in [0.15, 0.2) is 23.7 Å². The number of nitrogens with zero attached hydrogens (tertiary/aromatic N) is 2. The first-order chi connectivity index (χ1) is 6.33. The molecule has 2 rings (SSSR count). The van der Waals surface area contributed by atoms with E-state index < -0.39 is 0 Å². The molecule has 2 aromatic heterocycles. The van der Waals surface area contributed by atoms with Crippen molar-refractivity contribution in [1.82, 2.24) is 9.78 Å². The van der Waals surface area contributed by atoms with E-state index in [9.17, 15) is 0 Å². The summed E-state index contributed by atoms with van der Waals surface area (Å²) in [5.41, 5.74) is 7.96. The van der Waals surface area contributed by atoms with Gasteiger partial charge in [-0.25, -0.2) is 0 Å². The molecule has 13 heavy (non-hydrogen) atoms. The number of nitrogens with two attached hydrogens (primary N) is 1. The summed E-state index contributed by atoms with van der Waals surface area (Å²) in [4.78, 5) is 1.21. The maximum absolute atomic E-state index is 5.63. The lowest BCUT2D eigenvalue weighted by atomic mass is 10.2. The van der Waals surface area contributed by atoms with Crippen molar-refractivity contribution in [3.63, 3.8) is 0 Å². The van der Waals surface area contributed by atoms with Gasteiger partial charge in [-0.1, -0.05) is 0 Å². The zero-order chi connectivity index (χ0) is 9.26. The zero-order valence-electron chi connectivity index (χ0n) is 7.40. The predicted octanol–water partition coefficient (Wildman–Crippen LogP) is 1.61. The van der Waals surface area contributed by atoms with Crippen LogP contribution in [0.4, 0.5) is 0 Å². The van der Waals surface area contributed by atoms with Gasteiger partial charge in [0.15, 0.2) is 0 Å². The first-order valence-corrected chi connectivity index (χ1v) is 4.95. The fourth-order valence-corrected chi connectivity index (χ4v) is 2.13. The van der Waals surface area contributed by atoms with Gasteiger partial charge < -0.3 is 5.73 Å². The Bertz CT molecular complexity index is 402. The number of hydrogen-bond donors (Lipinski definition) is 1. The predicted molar refractivity (Wildman–Crippen MR) is 54.4 cm³/mol. The highest BCUT2D eigenvalue weighted by atomic mass is 32.1. The van der Waals surface area contributed by atoms with E-state index in [1.165, 1.54) is 10.4 Å². The van der Waals surface area contributed by atoms with Gasteiger partial charge in [-0.3, -0.25) is 4.68 Å². The largest absolute Gasteiger partial charge is 0.326 e. The van der Waals surface area contributed by atoms with Gasteiger partial charge in [-0.2, -0.15) is 5.10 Å². The van der Waals surface area contributed by atoms with E-state index in [0.29, 0.717) is 6.54 Å². The van der Waals surface area contributed by atoms with E-state index >= 15 is 0 Å². The molecule has 0 radical (unpaired) electrons. The molecule has 0 fully saturated rings. The molecule has 0 amide bonds. The fraction of sp³-hybridized carbons (Fsp3) is 0.222. The summed E-state index contributed by atoms with van der Waals surface area (Å²) in [5, 5.41) is 6.19. The number of aryl methyl sites for hydroxylation is 1. The summed E-state index contributed by atoms with van der Waals surface area (Å²) in [7, 11) is 1.94. The average Bonchev–Trinajstić information content (AvgIpc) is 2.71. The van der Waals surface area contributed by atoms with Crippen LogP contribution in [0.3, 0.4) is 0 Å². The van der Waals surface area contributed by atoms with Crippen molar-refractivity contribution < 1.29 is 0 Å². The fourth-order valence-electron chi connectivity index (χ4n) is 1.37. The van der Waals surface area contributed by atoms with Gasteiger partial charge in [0.2, 0.25) is 0 Å². The lowest BCUT2D eigenvalue weighted by Gasteiger charge is -2.01. The lowest BCUT2D eigenvalue weighted by Crippen LogP contribution is -1.98. The summed E-state index contributed by atoms with van der Waals surface area (Å²) in [5.74, 6) is 0. The molecule has 2 N–H and O–H groups in total. The third-order valence-corrected chi connectivity index (χ3v) is 2.97. The van der Waals surface area contributed by atoms with Crippen LogP contribution in [0.2, 0.25) is 0 Å². The number of aromatic nitrogens is 2. The molecule has 2 aromatic rings. The molecular weight excluding hydrogens is 182 g/mol. The Labute approximate surface area is 80.8 Å². The second kappa shape index (κ2) is 3.32. The lowest BCUT2D eigenvalue weighted by molar-refractivity contribution is 0.775. The van der Waals surface area contributed by atoms with Gasteiger partial charge in [0.25, 0.3) is 0 Å². The van der Waals surface area contributed by atoms with Gasteiger partial charge in [-0.15, -0.1) is 11.3 Å². The molecule has 4 heteroatoms. The van der Waals surface area contributed by atoms with E-state index in [1.54, 1.807) is 17.5 Å². The van der Waals surface area contributed by atoms with Gasteiger partial charge in [0.1, 0.15) is 0 Å². The van der Waals surface area contributed by atoms with Crippen LogP contribution < -0.4 is 5.73 Å². The van der Waals surface area contributed by atoms with Crippen LogP contribution in [0.1, 0.15) is 4.88 Å². The summed E-state index contributed by atoms with van der Waals surface area (Å²) in [6.45, 7) is 0.595. The Morgan fingerprint density at radius 1 is 1.54 bits per heavy atom. The second-order valence-electron chi connectivity index (χ2n) is 2.80. The zero-order valence-corrected chi connectivity index (χ0v) is 8.21. The molecular formula is C9H11N3S. The molecule has 0 spiro atoms. The Kier molecular flexibility index (Phi) is 2.16. The summed E-state index contributed by atoms with van der Waals surface area (Å²) < 4.78 is 1.86. The molecule has 0 bridgehead atoms. The van der Waals surface area contributed by atoms with Gasteiger partial charge >= 0.3 is 0 Å². The molecule has 0 aliphatic rings. The minimum atomic E-state index is 0.595. The second-order valence-corrected chi connectivity index (χ2v) is 3.80. The Hall–Kier alpha value is -1.13. The van der Waals surface area contributed by atoms with E-state index in [2.05, 4.69) is 16.5 Å². The van der Waals surface area contributed by atoms with Gasteiger partial charge in [-0.05, 0) is 17.5 Å². The standard InChI is InChI=1S/C9H11N3S/c1-12-8(2-4-11-12)7-3-5-13-9(7)6-10/h2-5H,6,10H2,1H3. The molecule has 0 saturated heterocycles. The first kappa shape index (κ1) is 8.47. The van der Waals surface area contributed by atoms with Crippen LogP contribution in [0, 0.1) is 0 Å². The number of thiophene rings is 1. The molecule has 0 unspecified atom stereocenters. The minimum absolute atomic E-state index is 0.595. The average molecular weight is 193 g/mol. The highest BCUT2D eigenvalue weighted by Gasteiger charge is 2.07. The monoisotopic (exact) mass is 193 g/mol. The smallest absolute Gasteiger partial charge is 0.0690 e. The van der Waals surface area contributed by atoms with Crippen LogP contribution in [-0.2, 0) is 13.6 Å². The van der Waals surface area contributed by atoms with E-state index in [4.69, 9.17) is 5.73 Å². The molecule has 0 aromatic carbocycles. The highest BCUT2D eigenvalue weighted by Crippen LogP contribution is 2.26. The van der Waals surface area contributed by atoms with Crippen LogP contribution in [0.25, 0.3) is 11.3 Å². The summed E-state index contributed by atoms with van der Waals surface area (Å²) in [6, 6.07) is 4.09. The molecule has 0 aliphatic carbocycles. The minimum Gasteiger partial charge on any atom is -0.326 e. The topological polar surface area (TPSA) is 43.8 Å². The quantitative estimate of drug-likeness (QED) is 0.787. The number of hydrogen-bond acceptors (Lipinski definition) is 3. The van der Waals surface area contributed by atoms with Crippen molar-refractivity contribution in [3.8, 4) is 11.3 Å². The van der Waals surface area contributed by atoms with Crippen molar-refractivity contribution in [2.75, 3.05) is 0 Å². The highest BCUT2D eigenvalue weighted by molar-refractivity contribution is 7.10. The molecule has 0 aliphatic heterocycles. The molecule has 68 valence electrons. The third kappa shape index (κ3) is 1.38. The summed E-state index contributed by atoms with van der Waals surface area (Å²) >= 11 is 1.69.